The van der Waals surface area contributed by atoms with Crippen LogP contribution in [-0.2, 0) is 4.74 Å². The molecule has 8 heteroatoms. The zero-order valence-corrected chi connectivity index (χ0v) is 16.1. The van der Waals surface area contributed by atoms with E-state index in [4.69, 9.17) is 4.74 Å². The molecule has 2 heterocycles. The first kappa shape index (κ1) is 18.8. The van der Waals surface area contributed by atoms with Gasteiger partial charge >= 0.3 is 6.09 Å². The van der Waals surface area contributed by atoms with E-state index in [-0.39, 0.29) is 17.5 Å². The number of hydrogen-bond donors (Lipinski definition) is 1. The number of amides is 1. The van der Waals surface area contributed by atoms with Crippen LogP contribution < -0.4 is 15.1 Å². The van der Waals surface area contributed by atoms with Crippen LogP contribution in [0.1, 0.15) is 25.7 Å². The summed E-state index contributed by atoms with van der Waals surface area (Å²) in [6, 6.07) is 3.00. The number of thioether (sulfide) groups is 1. The average Bonchev–Trinajstić information content (AvgIpc) is 2.78. The van der Waals surface area contributed by atoms with Gasteiger partial charge in [-0.2, -0.15) is 11.8 Å². The fourth-order valence-corrected chi connectivity index (χ4v) is 4.62. The predicted octanol–water partition coefficient (Wildman–Crippen LogP) is 3.38. The van der Waals surface area contributed by atoms with Crippen molar-refractivity contribution in [3.8, 4) is 0 Å². The van der Waals surface area contributed by atoms with Crippen molar-refractivity contribution in [2.24, 2.45) is 0 Å². The highest BCUT2D eigenvalue weighted by Gasteiger charge is 2.34. The van der Waals surface area contributed by atoms with Crippen molar-refractivity contribution in [3.05, 3.63) is 23.8 Å². The number of cyclic esters (lactones) is 1. The van der Waals surface area contributed by atoms with Crippen LogP contribution in [0.5, 0.6) is 0 Å². The third-order valence-electron chi connectivity index (χ3n) is 5.47. The van der Waals surface area contributed by atoms with Gasteiger partial charge in [-0.15, -0.1) is 0 Å². The largest absolute Gasteiger partial charge is 0.443 e. The Morgan fingerprint density at radius 3 is 2.63 bits per heavy atom. The van der Waals surface area contributed by atoms with Crippen molar-refractivity contribution in [3.63, 3.8) is 0 Å². The predicted molar refractivity (Wildman–Crippen MR) is 104 cm³/mol. The minimum Gasteiger partial charge on any atom is -0.443 e. The molecular weight excluding hydrogens is 372 g/mol. The van der Waals surface area contributed by atoms with Gasteiger partial charge in [-0.3, -0.25) is 4.90 Å². The Labute approximate surface area is 162 Å². The van der Waals surface area contributed by atoms with E-state index in [0.717, 1.165) is 30.8 Å². The zero-order valence-electron chi connectivity index (χ0n) is 15.3. The highest BCUT2D eigenvalue weighted by atomic mass is 32.2. The van der Waals surface area contributed by atoms with E-state index in [9.17, 15) is 13.6 Å². The van der Waals surface area contributed by atoms with Gasteiger partial charge in [-0.1, -0.05) is 6.42 Å². The fourth-order valence-electron chi connectivity index (χ4n) is 3.73. The van der Waals surface area contributed by atoms with Crippen molar-refractivity contribution < 1.29 is 18.3 Å². The van der Waals surface area contributed by atoms with Gasteiger partial charge in [0, 0.05) is 43.6 Å². The average molecular weight is 397 g/mol. The molecule has 0 spiro atoms. The van der Waals surface area contributed by atoms with Crippen LogP contribution in [0.15, 0.2) is 12.1 Å². The molecule has 148 valence electrons. The minimum absolute atomic E-state index is 0.0111. The van der Waals surface area contributed by atoms with Crippen molar-refractivity contribution in [1.29, 1.82) is 0 Å². The summed E-state index contributed by atoms with van der Waals surface area (Å²) in [5, 5.41) is 3.37. The quantitative estimate of drug-likeness (QED) is 0.825. The van der Waals surface area contributed by atoms with Crippen LogP contribution in [0.4, 0.5) is 25.0 Å². The number of ether oxygens (including phenoxy) is 1. The Morgan fingerprint density at radius 1 is 1.15 bits per heavy atom. The van der Waals surface area contributed by atoms with E-state index < -0.39 is 17.7 Å². The van der Waals surface area contributed by atoms with Crippen LogP contribution in [0, 0.1) is 11.6 Å². The van der Waals surface area contributed by atoms with Gasteiger partial charge in [0.1, 0.15) is 11.8 Å². The molecule has 0 bridgehead atoms. The Hall–Kier alpha value is -1.54. The van der Waals surface area contributed by atoms with Crippen LogP contribution >= 0.6 is 11.8 Å². The molecule has 0 aromatic heterocycles. The van der Waals surface area contributed by atoms with Crippen LogP contribution in [0.2, 0.25) is 0 Å². The van der Waals surface area contributed by atoms with Gasteiger partial charge < -0.3 is 15.0 Å². The summed E-state index contributed by atoms with van der Waals surface area (Å²) in [4.78, 5) is 15.3. The summed E-state index contributed by atoms with van der Waals surface area (Å²) < 4.78 is 34.8. The topological polar surface area (TPSA) is 44.8 Å². The van der Waals surface area contributed by atoms with Crippen molar-refractivity contribution in [2.75, 3.05) is 47.5 Å². The Kier molecular flexibility index (Phi) is 5.73. The molecule has 2 aliphatic heterocycles. The maximum absolute atomic E-state index is 14.7. The molecule has 5 nitrogen and oxygen atoms in total. The number of benzene rings is 1. The van der Waals surface area contributed by atoms with Gasteiger partial charge in [0.25, 0.3) is 0 Å². The van der Waals surface area contributed by atoms with Gasteiger partial charge in [-0.25, -0.2) is 13.6 Å². The lowest BCUT2D eigenvalue weighted by Crippen LogP contribution is -2.41. The van der Waals surface area contributed by atoms with E-state index >= 15 is 0 Å². The van der Waals surface area contributed by atoms with E-state index in [0.29, 0.717) is 32.2 Å². The summed E-state index contributed by atoms with van der Waals surface area (Å²) in [6.45, 7) is 2.14. The molecule has 2 saturated heterocycles. The Morgan fingerprint density at radius 2 is 1.93 bits per heavy atom. The maximum Gasteiger partial charge on any atom is 0.414 e. The second-order valence-electron chi connectivity index (χ2n) is 7.36. The SMILES string of the molecule is O=C1OC(CNC2CCC2)CN1c1cc(F)c(N2CCCSCC2)c(F)c1. The first-order chi connectivity index (χ1) is 13.1. The smallest absolute Gasteiger partial charge is 0.414 e. The molecule has 3 fully saturated rings. The molecule has 1 amide bonds. The van der Waals surface area contributed by atoms with Gasteiger partial charge in [-0.05, 0) is 25.0 Å². The number of anilines is 2. The first-order valence-electron chi connectivity index (χ1n) is 9.65. The maximum atomic E-state index is 14.7. The van der Waals surface area contributed by atoms with Gasteiger partial charge in [0.15, 0.2) is 11.6 Å². The second kappa shape index (κ2) is 8.22. The molecule has 1 unspecified atom stereocenters. The lowest BCUT2D eigenvalue weighted by molar-refractivity contribution is 0.135. The number of carbonyl (C=O) groups excluding carboxylic acids is 1. The summed E-state index contributed by atoms with van der Waals surface area (Å²) in [6.07, 6.45) is 3.59. The number of nitrogens with zero attached hydrogens (tertiary/aromatic N) is 2. The van der Waals surface area contributed by atoms with Crippen LogP contribution in [-0.4, -0.2) is 55.9 Å². The lowest BCUT2D eigenvalue weighted by atomic mass is 9.93. The highest BCUT2D eigenvalue weighted by Crippen LogP contribution is 2.32. The Bertz CT molecular complexity index is 671. The molecule has 1 N–H and O–H groups in total. The summed E-state index contributed by atoms with van der Waals surface area (Å²) >= 11 is 1.80. The van der Waals surface area contributed by atoms with Crippen molar-refractivity contribution >= 4 is 29.2 Å². The van der Waals surface area contributed by atoms with Gasteiger partial charge in [0.2, 0.25) is 0 Å². The molecule has 0 radical (unpaired) electrons. The fraction of sp³-hybridized carbons (Fsp3) is 0.632. The molecule has 1 aliphatic carbocycles. The van der Waals surface area contributed by atoms with Crippen molar-refractivity contribution in [2.45, 2.75) is 37.8 Å². The summed E-state index contributed by atoms with van der Waals surface area (Å²) in [7, 11) is 0. The van der Waals surface area contributed by atoms with Gasteiger partial charge in [0.05, 0.1) is 12.2 Å². The highest BCUT2D eigenvalue weighted by molar-refractivity contribution is 7.99. The molecule has 3 aliphatic rings. The second-order valence-corrected chi connectivity index (χ2v) is 8.59. The molecule has 27 heavy (non-hydrogen) atoms. The third-order valence-corrected chi connectivity index (χ3v) is 6.51. The monoisotopic (exact) mass is 397 g/mol. The lowest BCUT2D eigenvalue weighted by Gasteiger charge is -2.27. The number of halogens is 2. The number of carbonyl (C=O) groups is 1. The van der Waals surface area contributed by atoms with E-state index in [2.05, 4.69) is 5.32 Å². The molecule has 1 atom stereocenters. The molecule has 4 rings (SSSR count). The molecular formula is C19H25F2N3O2S. The molecule has 1 saturated carbocycles. The zero-order chi connectivity index (χ0) is 18.8. The molecule has 1 aromatic rings. The Balaban J connectivity index is 1.46. The van der Waals surface area contributed by atoms with E-state index in [1.807, 2.05) is 0 Å². The number of hydrogen-bond acceptors (Lipinski definition) is 5. The standard InChI is InChI=1S/C19H25F2N3O2S/c20-16-9-14(10-17(21)18(16)23-5-2-7-27-8-6-23)24-12-15(26-19(24)25)11-22-13-3-1-4-13/h9-10,13,15,22H,1-8,11-12H2. The van der Waals surface area contributed by atoms with E-state index in [1.165, 1.54) is 23.5 Å². The normalized spacial score (nSPS) is 23.9. The molecule has 1 aromatic carbocycles. The summed E-state index contributed by atoms with van der Waals surface area (Å²) in [5.41, 5.74) is 0.228. The minimum atomic E-state index is -0.624. The van der Waals surface area contributed by atoms with Crippen LogP contribution in [0.3, 0.4) is 0 Å². The van der Waals surface area contributed by atoms with Crippen molar-refractivity contribution in [1.82, 2.24) is 5.32 Å². The number of nitrogens with one attached hydrogen (secondary N) is 1. The first-order valence-corrected chi connectivity index (χ1v) is 10.8. The summed E-state index contributed by atoms with van der Waals surface area (Å²) in [5.74, 6) is 0.615. The van der Waals surface area contributed by atoms with Crippen LogP contribution in [0.25, 0.3) is 0 Å². The third kappa shape index (κ3) is 4.16. The number of rotatable bonds is 5. The van der Waals surface area contributed by atoms with E-state index in [1.54, 1.807) is 16.7 Å².